The van der Waals surface area contributed by atoms with Crippen molar-refractivity contribution in [3.63, 3.8) is 0 Å². The molecule has 0 saturated carbocycles. The minimum absolute atomic E-state index is 0.00144. The Morgan fingerprint density at radius 2 is 2.00 bits per heavy atom. The summed E-state index contributed by atoms with van der Waals surface area (Å²) in [4.78, 5) is 27.1. The van der Waals surface area contributed by atoms with E-state index >= 15 is 0 Å². The lowest BCUT2D eigenvalue weighted by molar-refractivity contribution is -0.127. The van der Waals surface area contributed by atoms with Gasteiger partial charge in [-0.1, -0.05) is 23.7 Å². The van der Waals surface area contributed by atoms with Gasteiger partial charge < -0.3 is 14.9 Å². The Hall–Kier alpha value is -1.75. The lowest BCUT2D eigenvalue weighted by atomic mass is 9.78. The highest BCUT2D eigenvalue weighted by Crippen LogP contribution is 2.43. The summed E-state index contributed by atoms with van der Waals surface area (Å²) in [6.07, 6.45) is 1.21. The van der Waals surface area contributed by atoms with Crippen molar-refractivity contribution in [1.29, 1.82) is 0 Å². The van der Waals surface area contributed by atoms with Gasteiger partial charge in [0.15, 0.2) is 0 Å². The van der Waals surface area contributed by atoms with Crippen molar-refractivity contribution >= 4 is 29.3 Å². The van der Waals surface area contributed by atoms with Crippen LogP contribution in [0.15, 0.2) is 24.3 Å². The van der Waals surface area contributed by atoms with Crippen LogP contribution in [0, 0.1) is 5.41 Å². The van der Waals surface area contributed by atoms with Gasteiger partial charge in [0, 0.05) is 19.6 Å². The zero-order valence-electron chi connectivity index (χ0n) is 11.6. The maximum absolute atomic E-state index is 12.9. The van der Waals surface area contributed by atoms with Gasteiger partial charge in [-0.05, 0) is 31.4 Å². The van der Waals surface area contributed by atoms with Crippen molar-refractivity contribution in [3.05, 3.63) is 29.3 Å². The summed E-state index contributed by atoms with van der Waals surface area (Å²) in [5.74, 6) is 0.00144. The highest BCUT2D eigenvalue weighted by Gasteiger charge is 2.50. The SMILES string of the molecule is O=C(O)N1CCC[C@@]2(CCN(c3ccccc3Cl)C2=O)C1. The molecule has 1 aromatic carbocycles. The molecule has 2 saturated heterocycles. The molecule has 0 aliphatic carbocycles. The van der Waals surface area contributed by atoms with Gasteiger partial charge in [-0.25, -0.2) is 4.79 Å². The molecular weight excluding hydrogens is 292 g/mol. The molecule has 6 heteroatoms. The molecule has 1 spiro atoms. The number of piperidine rings is 1. The number of anilines is 1. The van der Waals surface area contributed by atoms with Crippen molar-refractivity contribution in [2.75, 3.05) is 24.5 Å². The van der Waals surface area contributed by atoms with Gasteiger partial charge in [-0.15, -0.1) is 0 Å². The van der Waals surface area contributed by atoms with Gasteiger partial charge in [0.25, 0.3) is 0 Å². The van der Waals surface area contributed by atoms with Gasteiger partial charge in [0.2, 0.25) is 5.91 Å². The minimum Gasteiger partial charge on any atom is -0.465 e. The van der Waals surface area contributed by atoms with E-state index in [1.165, 1.54) is 4.90 Å². The van der Waals surface area contributed by atoms with Crippen LogP contribution in [0.3, 0.4) is 0 Å². The highest BCUT2D eigenvalue weighted by atomic mass is 35.5. The van der Waals surface area contributed by atoms with E-state index in [4.69, 9.17) is 11.6 Å². The Bertz CT molecular complexity index is 592. The highest BCUT2D eigenvalue weighted by molar-refractivity contribution is 6.34. The van der Waals surface area contributed by atoms with Crippen molar-refractivity contribution in [2.24, 2.45) is 5.41 Å². The van der Waals surface area contributed by atoms with Crippen LogP contribution in [-0.2, 0) is 4.79 Å². The molecule has 0 bridgehead atoms. The second-order valence-electron chi connectivity index (χ2n) is 5.75. The van der Waals surface area contributed by atoms with Gasteiger partial charge >= 0.3 is 6.09 Å². The number of para-hydroxylation sites is 1. The fourth-order valence-corrected chi connectivity index (χ4v) is 3.63. The van der Waals surface area contributed by atoms with Crippen molar-refractivity contribution < 1.29 is 14.7 Å². The molecular formula is C15H17ClN2O3. The quantitative estimate of drug-likeness (QED) is 0.868. The topological polar surface area (TPSA) is 60.9 Å². The average molecular weight is 309 g/mol. The number of hydrogen-bond donors (Lipinski definition) is 1. The lowest BCUT2D eigenvalue weighted by Gasteiger charge is -2.37. The molecule has 21 heavy (non-hydrogen) atoms. The number of amides is 2. The van der Waals surface area contributed by atoms with Crippen molar-refractivity contribution in [1.82, 2.24) is 4.90 Å². The monoisotopic (exact) mass is 308 g/mol. The summed E-state index contributed by atoms with van der Waals surface area (Å²) in [5.41, 5.74) is 0.143. The predicted molar refractivity (Wildman–Crippen MR) is 79.7 cm³/mol. The van der Waals surface area contributed by atoms with Crippen molar-refractivity contribution in [3.8, 4) is 0 Å². The van der Waals surface area contributed by atoms with Crippen LogP contribution in [0.4, 0.5) is 10.5 Å². The first kappa shape index (κ1) is 14.2. The molecule has 0 unspecified atom stereocenters. The molecule has 2 aliphatic rings. The third kappa shape index (κ3) is 2.35. The molecule has 2 amide bonds. The van der Waals surface area contributed by atoms with Gasteiger partial charge in [0.05, 0.1) is 16.1 Å². The zero-order valence-corrected chi connectivity index (χ0v) is 12.3. The molecule has 2 fully saturated rings. The maximum atomic E-state index is 12.9. The standard InChI is InChI=1S/C15H17ClN2O3/c16-11-4-1-2-5-12(11)18-9-7-15(13(18)19)6-3-8-17(10-15)14(20)21/h1-2,4-5H,3,6-10H2,(H,20,21)/t15-/m1/s1. The van der Waals surface area contributed by atoms with Crippen LogP contribution in [0.1, 0.15) is 19.3 Å². The molecule has 2 aliphatic heterocycles. The van der Waals surface area contributed by atoms with E-state index in [0.717, 1.165) is 12.8 Å². The minimum atomic E-state index is -0.946. The Balaban J connectivity index is 1.86. The van der Waals surface area contributed by atoms with Gasteiger partial charge in [-0.3, -0.25) is 4.79 Å². The first-order chi connectivity index (χ1) is 10.0. The third-order valence-electron chi connectivity index (χ3n) is 4.50. The number of carbonyl (C=O) groups excluding carboxylic acids is 1. The van der Waals surface area contributed by atoms with Crippen LogP contribution in [0.25, 0.3) is 0 Å². The van der Waals surface area contributed by atoms with Gasteiger partial charge in [0.1, 0.15) is 0 Å². The summed E-state index contributed by atoms with van der Waals surface area (Å²) >= 11 is 6.18. The summed E-state index contributed by atoms with van der Waals surface area (Å²) in [7, 11) is 0. The third-order valence-corrected chi connectivity index (χ3v) is 4.82. The molecule has 1 atom stereocenters. The summed E-state index contributed by atoms with van der Waals surface area (Å²) in [6.45, 7) is 1.40. The molecule has 3 rings (SSSR count). The van der Waals surface area contributed by atoms with E-state index in [-0.39, 0.29) is 5.91 Å². The molecule has 112 valence electrons. The Labute approximate surface area is 128 Å². The number of hydrogen-bond acceptors (Lipinski definition) is 2. The van der Waals surface area contributed by atoms with Crippen LogP contribution in [0.5, 0.6) is 0 Å². The fraction of sp³-hybridized carbons (Fsp3) is 0.467. The van der Waals surface area contributed by atoms with E-state index in [2.05, 4.69) is 0 Å². The van der Waals surface area contributed by atoms with E-state index in [1.807, 2.05) is 18.2 Å². The number of halogens is 1. The second-order valence-corrected chi connectivity index (χ2v) is 6.15. The average Bonchev–Trinajstić information content (AvgIpc) is 2.77. The zero-order chi connectivity index (χ0) is 15.0. The summed E-state index contributed by atoms with van der Waals surface area (Å²) < 4.78 is 0. The normalized spacial score (nSPS) is 25.7. The maximum Gasteiger partial charge on any atom is 0.407 e. The van der Waals surface area contributed by atoms with E-state index in [0.29, 0.717) is 36.8 Å². The molecule has 2 heterocycles. The molecule has 1 N–H and O–H groups in total. The first-order valence-electron chi connectivity index (χ1n) is 7.08. The Kier molecular flexibility index (Phi) is 3.53. The van der Waals surface area contributed by atoms with Crippen LogP contribution >= 0.6 is 11.6 Å². The van der Waals surface area contributed by atoms with Crippen LogP contribution < -0.4 is 4.90 Å². The fourth-order valence-electron chi connectivity index (χ4n) is 3.39. The van der Waals surface area contributed by atoms with E-state index in [9.17, 15) is 14.7 Å². The lowest BCUT2D eigenvalue weighted by Crippen LogP contribution is -2.49. The number of rotatable bonds is 1. The summed E-state index contributed by atoms with van der Waals surface area (Å²) in [5, 5.41) is 9.72. The molecule has 1 aromatic rings. The number of carbonyl (C=O) groups is 2. The smallest absolute Gasteiger partial charge is 0.407 e. The van der Waals surface area contributed by atoms with E-state index < -0.39 is 11.5 Å². The van der Waals surface area contributed by atoms with Crippen LogP contribution in [-0.4, -0.2) is 41.6 Å². The van der Waals surface area contributed by atoms with Crippen LogP contribution in [0.2, 0.25) is 5.02 Å². The number of carboxylic acid groups (broad SMARTS) is 1. The molecule has 5 nitrogen and oxygen atoms in total. The molecule has 0 radical (unpaired) electrons. The Morgan fingerprint density at radius 3 is 2.71 bits per heavy atom. The molecule has 0 aromatic heterocycles. The number of nitrogens with zero attached hydrogens (tertiary/aromatic N) is 2. The van der Waals surface area contributed by atoms with Crippen molar-refractivity contribution in [2.45, 2.75) is 19.3 Å². The summed E-state index contributed by atoms with van der Waals surface area (Å²) in [6, 6.07) is 7.27. The number of benzene rings is 1. The Morgan fingerprint density at radius 1 is 1.24 bits per heavy atom. The largest absolute Gasteiger partial charge is 0.465 e. The predicted octanol–water partition coefficient (Wildman–Crippen LogP) is 2.84. The number of likely N-dealkylation sites (tertiary alicyclic amines) is 1. The second kappa shape index (κ2) is 5.22. The van der Waals surface area contributed by atoms with Gasteiger partial charge in [-0.2, -0.15) is 0 Å². The van der Waals surface area contributed by atoms with E-state index in [1.54, 1.807) is 11.0 Å². The first-order valence-corrected chi connectivity index (χ1v) is 7.46.